The van der Waals surface area contributed by atoms with Crippen LogP contribution in [0.5, 0.6) is 5.75 Å². The first kappa shape index (κ1) is 20.6. The van der Waals surface area contributed by atoms with Crippen LogP contribution >= 0.6 is 0 Å². The van der Waals surface area contributed by atoms with Gasteiger partial charge in [-0.15, -0.1) is 0 Å². The van der Waals surface area contributed by atoms with Crippen molar-refractivity contribution in [2.24, 2.45) is 11.7 Å². The molecule has 1 aromatic heterocycles. The van der Waals surface area contributed by atoms with Crippen molar-refractivity contribution < 1.29 is 14.3 Å². The molecule has 2 aromatic rings. The second kappa shape index (κ2) is 9.41. The number of para-hydroxylation sites is 1. The number of piperidine rings is 1. The second-order valence-corrected chi connectivity index (χ2v) is 7.36. The van der Waals surface area contributed by atoms with Gasteiger partial charge in [0, 0.05) is 13.1 Å². The minimum absolute atomic E-state index is 0.145. The van der Waals surface area contributed by atoms with Crippen molar-refractivity contribution in [3.8, 4) is 5.75 Å². The highest BCUT2D eigenvalue weighted by Crippen LogP contribution is 2.23. The predicted molar refractivity (Wildman–Crippen MR) is 113 cm³/mol. The van der Waals surface area contributed by atoms with Crippen molar-refractivity contribution in [3.63, 3.8) is 0 Å². The maximum Gasteiger partial charge on any atom is 0.265 e. The quantitative estimate of drug-likeness (QED) is 0.750. The summed E-state index contributed by atoms with van der Waals surface area (Å²) >= 11 is 0. The van der Waals surface area contributed by atoms with E-state index in [2.05, 4.69) is 15.2 Å². The molecule has 0 bridgehead atoms. The Morgan fingerprint density at radius 1 is 1.31 bits per heavy atom. The Hall–Kier alpha value is -3.09. The van der Waals surface area contributed by atoms with E-state index in [1.54, 1.807) is 6.20 Å². The molecule has 0 unspecified atom stereocenters. The number of primary amides is 1. The summed E-state index contributed by atoms with van der Waals surface area (Å²) in [5.41, 5.74) is 7.04. The van der Waals surface area contributed by atoms with E-state index in [0.29, 0.717) is 24.4 Å². The zero-order chi connectivity index (χ0) is 20.8. The van der Waals surface area contributed by atoms with Crippen molar-refractivity contribution in [1.82, 2.24) is 4.98 Å². The van der Waals surface area contributed by atoms with Gasteiger partial charge < -0.3 is 20.7 Å². The van der Waals surface area contributed by atoms with Crippen LogP contribution in [-0.2, 0) is 9.59 Å². The fraction of sp³-hybridized carbons (Fsp3) is 0.409. The minimum atomic E-state index is -0.589. The van der Waals surface area contributed by atoms with Crippen molar-refractivity contribution in [3.05, 3.63) is 48.2 Å². The van der Waals surface area contributed by atoms with Crippen LogP contribution in [-0.4, -0.2) is 36.0 Å². The first-order valence-corrected chi connectivity index (χ1v) is 10.0. The van der Waals surface area contributed by atoms with Crippen LogP contribution < -0.4 is 20.7 Å². The molecule has 2 amide bonds. The monoisotopic (exact) mass is 396 g/mol. The molecule has 1 aromatic carbocycles. The topological polar surface area (TPSA) is 97.5 Å². The summed E-state index contributed by atoms with van der Waals surface area (Å²) in [5.74, 6) is 0.859. The molecule has 0 spiro atoms. The van der Waals surface area contributed by atoms with Gasteiger partial charge in [0.1, 0.15) is 11.6 Å². The Kier molecular flexibility index (Phi) is 6.69. The normalized spacial score (nSPS) is 17.4. The number of hydrogen-bond acceptors (Lipinski definition) is 5. The van der Waals surface area contributed by atoms with E-state index in [4.69, 9.17) is 10.5 Å². The van der Waals surface area contributed by atoms with Crippen molar-refractivity contribution >= 4 is 23.3 Å². The molecule has 1 fully saturated rings. The lowest BCUT2D eigenvalue weighted by atomic mass is 9.97. The third-order valence-electron chi connectivity index (χ3n) is 5.19. The SMILES string of the molecule is CC[C@@H](Oc1ccccc1C)C(=O)Nc1ccc(N2CCC[C@@H](C(N)=O)C2)nc1. The highest BCUT2D eigenvalue weighted by molar-refractivity contribution is 5.94. The van der Waals surface area contributed by atoms with Crippen LogP contribution in [0.25, 0.3) is 0 Å². The fourth-order valence-electron chi connectivity index (χ4n) is 3.45. The van der Waals surface area contributed by atoms with Gasteiger partial charge in [-0.3, -0.25) is 9.59 Å². The zero-order valence-electron chi connectivity index (χ0n) is 16.9. The van der Waals surface area contributed by atoms with Crippen LogP contribution in [0.1, 0.15) is 31.7 Å². The summed E-state index contributed by atoms with van der Waals surface area (Å²) < 4.78 is 5.90. The van der Waals surface area contributed by atoms with Gasteiger partial charge in [0.25, 0.3) is 5.91 Å². The lowest BCUT2D eigenvalue weighted by molar-refractivity contribution is -0.123. The molecule has 1 aliphatic heterocycles. The molecule has 1 aliphatic rings. The largest absolute Gasteiger partial charge is 0.480 e. The van der Waals surface area contributed by atoms with Crippen LogP contribution in [0.2, 0.25) is 0 Å². The number of ether oxygens (including phenoxy) is 1. The summed E-state index contributed by atoms with van der Waals surface area (Å²) in [5, 5.41) is 2.87. The van der Waals surface area contributed by atoms with E-state index in [1.165, 1.54) is 0 Å². The standard InChI is InChI=1S/C22H28N4O3/c1-3-18(29-19-9-5-4-7-15(19)2)22(28)25-17-10-11-20(24-13-17)26-12-6-8-16(14-26)21(23)27/h4-5,7,9-11,13,16,18H,3,6,8,12,14H2,1-2H3,(H2,23,27)(H,25,28)/t16-,18-/m1/s1. The number of nitrogens with one attached hydrogen (secondary N) is 1. The Morgan fingerprint density at radius 3 is 2.76 bits per heavy atom. The Labute approximate surface area is 171 Å². The smallest absolute Gasteiger partial charge is 0.265 e. The molecule has 7 heteroatoms. The molecule has 2 atom stereocenters. The Balaban J connectivity index is 1.61. The number of carbonyl (C=O) groups excluding carboxylic acids is 2. The molecule has 1 saturated heterocycles. The Morgan fingerprint density at radius 2 is 2.10 bits per heavy atom. The number of hydrogen-bond donors (Lipinski definition) is 2. The van der Waals surface area contributed by atoms with E-state index in [9.17, 15) is 9.59 Å². The summed E-state index contributed by atoms with van der Waals surface area (Å²) in [6.45, 7) is 5.28. The molecule has 29 heavy (non-hydrogen) atoms. The molecule has 7 nitrogen and oxygen atoms in total. The minimum Gasteiger partial charge on any atom is -0.480 e. The number of amides is 2. The van der Waals surface area contributed by atoms with Crippen LogP contribution in [0.15, 0.2) is 42.6 Å². The summed E-state index contributed by atoms with van der Waals surface area (Å²) in [6.07, 6.45) is 3.31. The van der Waals surface area contributed by atoms with Gasteiger partial charge in [0.15, 0.2) is 6.10 Å². The van der Waals surface area contributed by atoms with Crippen LogP contribution in [0, 0.1) is 12.8 Å². The maximum atomic E-state index is 12.6. The Bertz CT molecular complexity index is 853. The molecule has 0 aliphatic carbocycles. The number of rotatable bonds is 7. The van der Waals surface area contributed by atoms with E-state index < -0.39 is 6.10 Å². The molecular weight excluding hydrogens is 368 g/mol. The second-order valence-electron chi connectivity index (χ2n) is 7.36. The van der Waals surface area contributed by atoms with E-state index in [0.717, 1.165) is 30.8 Å². The molecule has 2 heterocycles. The summed E-state index contributed by atoms with van der Waals surface area (Å²) in [7, 11) is 0. The van der Waals surface area contributed by atoms with Gasteiger partial charge in [-0.05, 0) is 49.9 Å². The van der Waals surface area contributed by atoms with Gasteiger partial charge in [0.2, 0.25) is 5.91 Å². The number of pyridine rings is 1. The molecular formula is C22H28N4O3. The average molecular weight is 396 g/mol. The van der Waals surface area contributed by atoms with Crippen LogP contribution in [0.4, 0.5) is 11.5 Å². The van der Waals surface area contributed by atoms with Crippen molar-refractivity contribution in [2.45, 2.75) is 39.2 Å². The van der Waals surface area contributed by atoms with Gasteiger partial charge in [-0.1, -0.05) is 25.1 Å². The van der Waals surface area contributed by atoms with Gasteiger partial charge in [-0.2, -0.15) is 0 Å². The first-order chi connectivity index (χ1) is 14.0. The van der Waals surface area contributed by atoms with E-state index in [1.807, 2.05) is 50.2 Å². The first-order valence-electron chi connectivity index (χ1n) is 10.0. The maximum absolute atomic E-state index is 12.6. The van der Waals surface area contributed by atoms with Gasteiger partial charge in [-0.25, -0.2) is 4.98 Å². The average Bonchev–Trinajstić information content (AvgIpc) is 2.73. The van der Waals surface area contributed by atoms with Gasteiger partial charge >= 0.3 is 0 Å². The third kappa shape index (κ3) is 5.25. The number of nitrogens with zero attached hydrogens (tertiary/aromatic N) is 2. The molecule has 3 rings (SSSR count). The third-order valence-corrected chi connectivity index (χ3v) is 5.19. The highest BCUT2D eigenvalue weighted by Gasteiger charge is 2.25. The molecule has 3 N–H and O–H groups in total. The van der Waals surface area contributed by atoms with Gasteiger partial charge in [0.05, 0.1) is 17.8 Å². The van der Waals surface area contributed by atoms with Crippen LogP contribution in [0.3, 0.4) is 0 Å². The molecule has 154 valence electrons. The summed E-state index contributed by atoms with van der Waals surface area (Å²) in [6, 6.07) is 11.3. The zero-order valence-corrected chi connectivity index (χ0v) is 16.9. The number of carbonyl (C=O) groups is 2. The molecule has 0 radical (unpaired) electrons. The number of benzene rings is 1. The van der Waals surface area contributed by atoms with E-state index in [-0.39, 0.29) is 17.7 Å². The number of anilines is 2. The number of aryl methyl sites for hydroxylation is 1. The predicted octanol–water partition coefficient (Wildman–Crippen LogP) is 2.89. The van der Waals surface area contributed by atoms with Crippen molar-refractivity contribution in [1.29, 1.82) is 0 Å². The fourth-order valence-corrected chi connectivity index (χ4v) is 3.45. The lowest BCUT2D eigenvalue weighted by Crippen LogP contribution is -2.41. The summed E-state index contributed by atoms with van der Waals surface area (Å²) in [4.78, 5) is 30.6. The highest BCUT2D eigenvalue weighted by atomic mass is 16.5. The van der Waals surface area contributed by atoms with E-state index >= 15 is 0 Å². The number of nitrogens with two attached hydrogens (primary N) is 1. The van der Waals surface area contributed by atoms with Crippen molar-refractivity contribution in [2.75, 3.05) is 23.3 Å². The lowest BCUT2D eigenvalue weighted by Gasteiger charge is -2.32. The molecule has 0 saturated carbocycles. The number of aromatic nitrogens is 1.